The number of benzene rings is 1. The lowest BCUT2D eigenvalue weighted by molar-refractivity contribution is 0.0359. The Morgan fingerprint density at radius 2 is 2.25 bits per heavy atom. The predicted octanol–water partition coefficient (Wildman–Crippen LogP) is 0.241. The second-order valence-electron chi connectivity index (χ2n) is 4.03. The molecule has 2 rings (SSSR count). The van der Waals surface area contributed by atoms with Gasteiger partial charge in [-0.25, -0.2) is 13.2 Å². The van der Waals surface area contributed by atoms with Crippen molar-refractivity contribution in [1.29, 1.82) is 5.26 Å². The molecule has 0 radical (unpaired) electrons. The molecular formula is C12H11N3O4S. The molecule has 1 saturated heterocycles. The van der Waals surface area contributed by atoms with E-state index in [-0.39, 0.29) is 30.2 Å². The minimum absolute atomic E-state index is 0.00636. The summed E-state index contributed by atoms with van der Waals surface area (Å²) >= 11 is 0. The molecule has 0 spiro atoms. The predicted molar refractivity (Wildman–Crippen MR) is 67.8 cm³/mol. The van der Waals surface area contributed by atoms with Gasteiger partial charge >= 0.3 is 0 Å². The van der Waals surface area contributed by atoms with Crippen molar-refractivity contribution in [3.63, 3.8) is 0 Å². The minimum atomic E-state index is -3.84. The zero-order chi connectivity index (χ0) is 14.6. The van der Waals surface area contributed by atoms with E-state index < -0.39 is 16.2 Å². The van der Waals surface area contributed by atoms with E-state index in [0.717, 1.165) is 4.31 Å². The fraction of sp³-hybridized carbons (Fsp3) is 0.333. The van der Waals surface area contributed by atoms with E-state index >= 15 is 0 Å². The number of nitrogens with zero attached hydrogens (tertiary/aromatic N) is 3. The van der Waals surface area contributed by atoms with Crippen LogP contribution in [0.4, 0.5) is 0 Å². The number of morpholine rings is 1. The zero-order valence-electron chi connectivity index (χ0n) is 10.4. The maximum atomic E-state index is 12.5. The molecule has 0 amide bonds. The second-order valence-corrected chi connectivity index (χ2v) is 5.92. The second kappa shape index (κ2) is 5.94. The number of hydrogen-bond acceptors (Lipinski definition) is 6. The number of aliphatic imine (C=N–C) groups is 1. The van der Waals surface area contributed by atoms with Gasteiger partial charge in [0.2, 0.25) is 16.1 Å². The van der Waals surface area contributed by atoms with Gasteiger partial charge in [0.25, 0.3) is 0 Å². The van der Waals surface area contributed by atoms with Gasteiger partial charge in [0.15, 0.2) is 6.17 Å². The molecule has 0 saturated carbocycles. The summed E-state index contributed by atoms with van der Waals surface area (Å²) in [5.74, 6) is 0. The number of isocyanates is 1. The van der Waals surface area contributed by atoms with E-state index in [4.69, 9.17) is 10.00 Å². The Morgan fingerprint density at radius 3 is 2.95 bits per heavy atom. The monoisotopic (exact) mass is 293 g/mol. The summed E-state index contributed by atoms with van der Waals surface area (Å²) in [7, 11) is -3.84. The van der Waals surface area contributed by atoms with Gasteiger partial charge in [-0.1, -0.05) is 6.07 Å². The molecule has 1 aliphatic rings. The molecule has 20 heavy (non-hydrogen) atoms. The maximum absolute atomic E-state index is 12.5. The smallest absolute Gasteiger partial charge is 0.245 e. The third-order valence-corrected chi connectivity index (χ3v) is 4.72. The van der Waals surface area contributed by atoms with Crippen LogP contribution in [0.3, 0.4) is 0 Å². The number of carbonyl (C=O) groups excluding carboxylic acids is 1. The van der Waals surface area contributed by atoms with Crippen molar-refractivity contribution in [3.05, 3.63) is 29.8 Å². The molecule has 1 unspecified atom stereocenters. The quantitative estimate of drug-likeness (QED) is 0.587. The number of sulfonamides is 1. The van der Waals surface area contributed by atoms with Crippen LogP contribution in [0.5, 0.6) is 0 Å². The molecular weight excluding hydrogens is 282 g/mol. The summed E-state index contributed by atoms with van der Waals surface area (Å²) < 4.78 is 31.2. The van der Waals surface area contributed by atoms with Crippen molar-refractivity contribution in [2.24, 2.45) is 4.99 Å². The van der Waals surface area contributed by atoms with Crippen LogP contribution in [0, 0.1) is 11.3 Å². The fourth-order valence-corrected chi connectivity index (χ4v) is 3.42. The van der Waals surface area contributed by atoms with E-state index in [9.17, 15) is 13.2 Å². The molecule has 1 fully saturated rings. The standard InChI is InChI=1S/C12H11N3O4S/c13-7-10-2-1-3-11(6-10)20(17,18)15-4-5-19-8-12(15)14-9-16/h1-3,6,12H,4-5,8H2. The summed E-state index contributed by atoms with van der Waals surface area (Å²) in [6, 6.07) is 7.57. The lowest BCUT2D eigenvalue weighted by atomic mass is 10.2. The summed E-state index contributed by atoms with van der Waals surface area (Å²) in [5.41, 5.74) is 0.245. The summed E-state index contributed by atoms with van der Waals surface area (Å²) in [4.78, 5) is 13.8. The van der Waals surface area contributed by atoms with E-state index in [2.05, 4.69) is 4.99 Å². The van der Waals surface area contributed by atoms with Crippen molar-refractivity contribution in [2.45, 2.75) is 11.1 Å². The van der Waals surface area contributed by atoms with Crippen molar-refractivity contribution in [2.75, 3.05) is 19.8 Å². The molecule has 1 atom stereocenters. The van der Waals surface area contributed by atoms with Crippen LogP contribution in [0.2, 0.25) is 0 Å². The average Bonchev–Trinajstić information content (AvgIpc) is 2.48. The van der Waals surface area contributed by atoms with E-state index in [0.29, 0.717) is 0 Å². The molecule has 1 aromatic rings. The van der Waals surface area contributed by atoms with Crippen molar-refractivity contribution in [3.8, 4) is 6.07 Å². The minimum Gasteiger partial charge on any atom is -0.376 e. The largest absolute Gasteiger partial charge is 0.376 e. The van der Waals surface area contributed by atoms with Crippen LogP contribution in [-0.4, -0.2) is 44.7 Å². The van der Waals surface area contributed by atoms with Gasteiger partial charge in [-0.3, -0.25) is 0 Å². The van der Waals surface area contributed by atoms with Gasteiger partial charge in [0.05, 0.1) is 29.7 Å². The lowest BCUT2D eigenvalue weighted by Gasteiger charge is -2.31. The normalized spacial score (nSPS) is 19.9. The van der Waals surface area contributed by atoms with Crippen molar-refractivity contribution < 1.29 is 17.9 Å². The summed E-state index contributed by atoms with van der Waals surface area (Å²) in [6.07, 6.45) is 0.431. The van der Waals surface area contributed by atoms with Crippen LogP contribution in [0.1, 0.15) is 5.56 Å². The molecule has 104 valence electrons. The SMILES string of the molecule is N#Cc1cccc(S(=O)(=O)N2CCOCC2N=C=O)c1. The van der Waals surface area contributed by atoms with Crippen LogP contribution >= 0.6 is 0 Å². The highest BCUT2D eigenvalue weighted by atomic mass is 32.2. The van der Waals surface area contributed by atoms with Gasteiger partial charge in [0.1, 0.15) is 0 Å². The molecule has 0 aromatic heterocycles. The van der Waals surface area contributed by atoms with Gasteiger partial charge in [-0.15, -0.1) is 0 Å². The number of ether oxygens (including phenoxy) is 1. The molecule has 1 aliphatic heterocycles. The van der Waals surface area contributed by atoms with Gasteiger partial charge < -0.3 is 4.74 Å². The average molecular weight is 293 g/mol. The van der Waals surface area contributed by atoms with Gasteiger partial charge in [0, 0.05) is 6.54 Å². The summed E-state index contributed by atoms with van der Waals surface area (Å²) in [5, 5.41) is 8.83. The number of rotatable bonds is 3. The number of hydrogen-bond donors (Lipinski definition) is 0. The van der Waals surface area contributed by atoms with Crippen LogP contribution < -0.4 is 0 Å². The van der Waals surface area contributed by atoms with Gasteiger partial charge in [-0.2, -0.15) is 14.6 Å². The third-order valence-electron chi connectivity index (χ3n) is 2.83. The zero-order valence-corrected chi connectivity index (χ0v) is 11.2. The molecule has 0 N–H and O–H groups in total. The molecule has 1 aromatic carbocycles. The van der Waals surface area contributed by atoms with E-state index in [1.165, 1.54) is 30.3 Å². The first-order valence-corrected chi connectivity index (χ1v) is 7.20. The summed E-state index contributed by atoms with van der Waals surface area (Å²) in [6.45, 7) is 0.323. The molecule has 8 heteroatoms. The Labute approximate surface area is 116 Å². The Hall–Kier alpha value is -2.04. The van der Waals surface area contributed by atoms with Crippen LogP contribution in [0.15, 0.2) is 34.2 Å². The molecule has 0 aliphatic carbocycles. The van der Waals surface area contributed by atoms with Crippen LogP contribution in [0.25, 0.3) is 0 Å². The van der Waals surface area contributed by atoms with Crippen LogP contribution in [-0.2, 0) is 19.6 Å². The van der Waals surface area contributed by atoms with Gasteiger partial charge in [-0.05, 0) is 18.2 Å². The first-order chi connectivity index (χ1) is 9.59. The van der Waals surface area contributed by atoms with Crippen molar-refractivity contribution in [1.82, 2.24) is 4.31 Å². The third kappa shape index (κ3) is 2.76. The highest BCUT2D eigenvalue weighted by Crippen LogP contribution is 2.21. The Kier molecular flexibility index (Phi) is 4.27. The van der Waals surface area contributed by atoms with E-state index in [1.807, 2.05) is 6.07 Å². The fourth-order valence-electron chi connectivity index (χ4n) is 1.88. The van der Waals surface area contributed by atoms with E-state index in [1.54, 1.807) is 0 Å². The molecule has 0 bridgehead atoms. The number of nitriles is 1. The Balaban J connectivity index is 2.42. The topological polar surface area (TPSA) is 99.8 Å². The first kappa shape index (κ1) is 14.4. The lowest BCUT2D eigenvalue weighted by Crippen LogP contribution is -2.47. The Bertz CT molecular complexity index is 689. The first-order valence-electron chi connectivity index (χ1n) is 5.76. The highest BCUT2D eigenvalue weighted by Gasteiger charge is 2.34. The highest BCUT2D eigenvalue weighted by molar-refractivity contribution is 7.89. The Morgan fingerprint density at radius 1 is 1.45 bits per heavy atom. The maximum Gasteiger partial charge on any atom is 0.245 e. The van der Waals surface area contributed by atoms with Crippen molar-refractivity contribution >= 4 is 16.1 Å². The molecule has 1 heterocycles. The molecule has 7 nitrogen and oxygen atoms in total.